The molecule has 1 rings (SSSR count). The zero-order valence-electron chi connectivity index (χ0n) is 11.4. The zero-order chi connectivity index (χ0) is 13.8. The van der Waals surface area contributed by atoms with Gasteiger partial charge >= 0.3 is 0 Å². The Kier molecular flexibility index (Phi) is 4.59. The summed E-state index contributed by atoms with van der Waals surface area (Å²) in [6, 6.07) is 0. The highest BCUT2D eigenvalue weighted by molar-refractivity contribution is 6.00. The molecule has 0 radical (unpaired) electrons. The minimum atomic E-state index is -0.827. The quantitative estimate of drug-likeness (QED) is 0.557. The van der Waals surface area contributed by atoms with Gasteiger partial charge in [0.05, 0.1) is 5.60 Å². The number of hydrogen-bond acceptors (Lipinski definition) is 4. The van der Waals surface area contributed by atoms with Gasteiger partial charge in [0.25, 0.3) is 0 Å². The molecule has 0 aromatic carbocycles. The molecule has 1 aliphatic rings. The summed E-state index contributed by atoms with van der Waals surface area (Å²) in [5.41, 5.74) is -1.28. The van der Waals surface area contributed by atoms with Crippen molar-refractivity contribution in [2.24, 2.45) is 0 Å². The molecule has 0 unspecified atom stereocenters. The number of carbonyl (C=O) groups is 2. The van der Waals surface area contributed by atoms with Crippen molar-refractivity contribution < 1.29 is 19.4 Å². The second kappa shape index (κ2) is 5.59. The summed E-state index contributed by atoms with van der Waals surface area (Å²) >= 11 is 0. The van der Waals surface area contributed by atoms with Crippen LogP contribution in [0.2, 0.25) is 0 Å². The second-order valence-electron chi connectivity index (χ2n) is 5.51. The van der Waals surface area contributed by atoms with E-state index < -0.39 is 11.2 Å². The van der Waals surface area contributed by atoms with E-state index in [1.807, 2.05) is 20.8 Å². The van der Waals surface area contributed by atoms with E-state index in [1.165, 1.54) is 19.1 Å². The van der Waals surface area contributed by atoms with Gasteiger partial charge in [-0.1, -0.05) is 0 Å². The summed E-state index contributed by atoms with van der Waals surface area (Å²) < 4.78 is 0. The molecule has 0 bridgehead atoms. The molecule has 0 spiro atoms. The van der Waals surface area contributed by atoms with Crippen LogP contribution >= 0.6 is 0 Å². The number of rotatable bonds is 5. The van der Waals surface area contributed by atoms with E-state index in [-0.39, 0.29) is 11.6 Å². The lowest BCUT2D eigenvalue weighted by atomic mass is 9.91. The van der Waals surface area contributed by atoms with Gasteiger partial charge in [-0.05, 0) is 58.4 Å². The fourth-order valence-corrected chi connectivity index (χ4v) is 1.40. The third-order valence-electron chi connectivity index (χ3n) is 2.37. The molecule has 1 aliphatic carbocycles. The fraction of sp³-hybridized carbons (Fsp3) is 0.571. The molecule has 0 aromatic heterocycles. The molecule has 100 valence electrons. The normalized spacial score (nSPS) is 18.1. The van der Waals surface area contributed by atoms with Gasteiger partial charge < -0.3 is 4.79 Å². The zero-order valence-corrected chi connectivity index (χ0v) is 11.4. The lowest BCUT2D eigenvalue weighted by Gasteiger charge is -2.31. The van der Waals surface area contributed by atoms with Crippen molar-refractivity contribution in [3.05, 3.63) is 24.3 Å². The molecule has 0 saturated carbocycles. The summed E-state index contributed by atoms with van der Waals surface area (Å²) in [6.07, 6.45) is 6.99. The lowest BCUT2D eigenvalue weighted by molar-refractivity contribution is -0.384. The van der Waals surface area contributed by atoms with Gasteiger partial charge in [0, 0.05) is 6.42 Å². The SMILES string of the molecule is CC(=O)CCC1(OOC(C)(C)C)C=CC(=O)C=C1. The summed E-state index contributed by atoms with van der Waals surface area (Å²) in [6.45, 7) is 7.13. The topological polar surface area (TPSA) is 52.6 Å². The van der Waals surface area contributed by atoms with E-state index >= 15 is 0 Å². The van der Waals surface area contributed by atoms with Crippen molar-refractivity contribution in [1.82, 2.24) is 0 Å². The molecule has 0 fully saturated rings. The Morgan fingerprint density at radius 1 is 1.28 bits per heavy atom. The average molecular weight is 252 g/mol. The maximum atomic E-state index is 11.2. The van der Waals surface area contributed by atoms with Crippen molar-refractivity contribution in [2.45, 2.75) is 51.7 Å². The third kappa shape index (κ3) is 4.94. The lowest BCUT2D eigenvalue weighted by Crippen LogP contribution is -2.34. The summed E-state index contributed by atoms with van der Waals surface area (Å²) in [7, 11) is 0. The molecule has 0 aromatic rings. The van der Waals surface area contributed by atoms with Gasteiger partial charge in [0.2, 0.25) is 0 Å². The molecule has 0 saturated heterocycles. The number of hydrogen-bond donors (Lipinski definition) is 0. The standard InChI is InChI=1S/C14H20O4/c1-11(15)5-8-14(18-17-13(2,3)4)9-6-12(16)7-10-14/h6-7,9-10H,5,8H2,1-4H3. The maximum absolute atomic E-state index is 11.2. The first kappa shape index (κ1) is 14.8. The van der Waals surface area contributed by atoms with Gasteiger partial charge in [0.15, 0.2) is 5.78 Å². The first-order chi connectivity index (χ1) is 8.22. The molecular weight excluding hydrogens is 232 g/mol. The smallest absolute Gasteiger partial charge is 0.178 e. The van der Waals surface area contributed by atoms with Crippen molar-refractivity contribution >= 4 is 11.6 Å². The predicted molar refractivity (Wildman–Crippen MR) is 67.9 cm³/mol. The van der Waals surface area contributed by atoms with Crippen LogP contribution in [0.3, 0.4) is 0 Å². The van der Waals surface area contributed by atoms with Crippen molar-refractivity contribution in [3.63, 3.8) is 0 Å². The highest BCUT2D eigenvalue weighted by Crippen LogP contribution is 2.27. The van der Waals surface area contributed by atoms with Crippen LogP contribution in [-0.4, -0.2) is 22.8 Å². The number of ketones is 2. The van der Waals surface area contributed by atoms with Crippen LogP contribution < -0.4 is 0 Å². The second-order valence-corrected chi connectivity index (χ2v) is 5.51. The van der Waals surface area contributed by atoms with Gasteiger partial charge in [-0.3, -0.25) is 4.79 Å². The van der Waals surface area contributed by atoms with E-state index in [0.29, 0.717) is 12.8 Å². The van der Waals surface area contributed by atoms with Crippen molar-refractivity contribution in [2.75, 3.05) is 0 Å². The Labute approximate surface area is 108 Å². The largest absolute Gasteiger partial charge is 0.300 e. The molecule has 0 N–H and O–H groups in total. The van der Waals surface area contributed by atoms with E-state index in [0.717, 1.165) is 0 Å². The molecule has 4 heteroatoms. The highest BCUT2D eigenvalue weighted by Gasteiger charge is 2.31. The third-order valence-corrected chi connectivity index (χ3v) is 2.37. The van der Waals surface area contributed by atoms with Crippen LogP contribution in [0.1, 0.15) is 40.5 Å². The molecular formula is C14H20O4. The van der Waals surface area contributed by atoms with Gasteiger partial charge in [-0.25, -0.2) is 9.78 Å². The molecule has 4 nitrogen and oxygen atoms in total. The first-order valence-electron chi connectivity index (χ1n) is 6.01. The Hall–Kier alpha value is -1.26. The van der Waals surface area contributed by atoms with E-state index in [9.17, 15) is 9.59 Å². The Bertz CT molecular complexity index is 369. The van der Waals surface area contributed by atoms with Gasteiger partial charge in [0.1, 0.15) is 11.4 Å². The van der Waals surface area contributed by atoms with Crippen LogP contribution in [0.4, 0.5) is 0 Å². The monoisotopic (exact) mass is 252 g/mol. The van der Waals surface area contributed by atoms with E-state index in [4.69, 9.17) is 9.78 Å². The molecule has 18 heavy (non-hydrogen) atoms. The van der Waals surface area contributed by atoms with Crippen LogP contribution in [0.5, 0.6) is 0 Å². The van der Waals surface area contributed by atoms with Crippen LogP contribution in [0.25, 0.3) is 0 Å². The molecule has 0 heterocycles. The number of carbonyl (C=O) groups excluding carboxylic acids is 2. The fourth-order valence-electron chi connectivity index (χ4n) is 1.40. The minimum absolute atomic E-state index is 0.0763. The predicted octanol–water partition coefficient (Wildman–Crippen LogP) is 2.54. The summed E-state index contributed by atoms with van der Waals surface area (Å²) in [5.74, 6) is -0.0137. The molecule has 0 amide bonds. The van der Waals surface area contributed by atoms with Gasteiger partial charge in [-0.15, -0.1) is 0 Å². The number of allylic oxidation sites excluding steroid dienone is 2. The molecule has 0 atom stereocenters. The minimum Gasteiger partial charge on any atom is -0.300 e. The Morgan fingerprint density at radius 3 is 2.28 bits per heavy atom. The number of Topliss-reactive ketones (excluding diaryl/α,β-unsaturated/α-hetero) is 1. The van der Waals surface area contributed by atoms with Crippen LogP contribution in [0.15, 0.2) is 24.3 Å². The van der Waals surface area contributed by atoms with Crippen molar-refractivity contribution in [3.8, 4) is 0 Å². The summed E-state index contributed by atoms with van der Waals surface area (Å²) in [5, 5.41) is 0. The highest BCUT2D eigenvalue weighted by atomic mass is 17.2. The Balaban J connectivity index is 2.75. The summed E-state index contributed by atoms with van der Waals surface area (Å²) in [4.78, 5) is 33.0. The van der Waals surface area contributed by atoms with Crippen LogP contribution in [-0.2, 0) is 19.4 Å². The van der Waals surface area contributed by atoms with Crippen molar-refractivity contribution in [1.29, 1.82) is 0 Å². The van der Waals surface area contributed by atoms with E-state index in [1.54, 1.807) is 12.2 Å². The first-order valence-corrected chi connectivity index (χ1v) is 6.01. The maximum Gasteiger partial charge on any atom is 0.178 e. The van der Waals surface area contributed by atoms with E-state index in [2.05, 4.69) is 0 Å². The van der Waals surface area contributed by atoms with Gasteiger partial charge in [-0.2, -0.15) is 0 Å². The Morgan fingerprint density at radius 2 is 1.83 bits per heavy atom. The van der Waals surface area contributed by atoms with Crippen LogP contribution in [0, 0.1) is 0 Å². The average Bonchev–Trinajstić information content (AvgIpc) is 2.26. The molecule has 0 aliphatic heterocycles.